The molecule has 3 N–H and O–H groups in total. The first-order valence-corrected chi connectivity index (χ1v) is 5.96. The Kier molecular flexibility index (Phi) is 4.36. The number of hydrogen-bond acceptors (Lipinski definition) is 2. The van der Waals surface area contributed by atoms with Crippen LogP contribution in [0.15, 0.2) is 18.2 Å². The third kappa shape index (κ3) is 3.53. The summed E-state index contributed by atoms with van der Waals surface area (Å²) in [5.41, 5.74) is 9.76. The van der Waals surface area contributed by atoms with E-state index in [2.05, 4.69) is 51.2 Å². The smallest absolute Gasteiger partial charge is 0.0399 e. The molecule has 0 amide bonds. The highest BCUT2D eigenvalue weighted by Crippen LogP contribution is 2.24. The first kappa shape index (κ1) is 13.0. The maximum absolute atomic E-state index is 5.62. The Hall–Kier alpha value is -1.02. The van der Waals surface area contributed by atoms with Crippen molar-refractivity contribution in [1.82, 2.24) is 0 Å². The largest absolute Gasteiger partial charge is 0.384 e. The van der Waals surface area contributed by atoms with Gasteiger partial charge >= 0.3 is 0 Å². The van der Waals surface area contributed by atoms with E-state index in [0.717, 1.165) is 19.5 Å². The van der Waals surface area contributed by atoms with E-state index in [9.17, 15) is 0 Å². The highest BCUT2D eigenvalue weighted by atomic mass is 14.9. The van der Waals surface area contributed by atoms with Crippen LogP contribution in [0.2, 0.25) is 0 Å². The fourth-order valence-electron chi connectivity index (χ4n) is 1.90. The molecule has 90 valence electrons. The summed E-state index contributed by atoms with van der Waals surface area (Å²) < 4.78 is 0. The minimum Gasteiger partial charge on any atom is -0.384 e. The SMILES string of the molecule is Cc1cccc(C)c1NCC(C)(C)CCN. The number of nitrogens with two attached hydrogens (primary N) is 1. The molecule has 0 saturated carbocycles. The van der Waals surface area contributed by atoms with Gasteiger partial charge in [-0.15, -0.1) is 0 Å². The highest BCUT2D eigenvalue weighted by molar-refractivity contribution is 5.56. The minimum absolute atomic E-state index is 0.253. The zero-order valence-corrected chi connectivity index (χ0v) is 10.9. The first-order chi connectivity index (χ1) is 7.46. The van der Waals surface area contributed by atoms with Crippen LogP contribution in [0.25, 0.3) is 0 Å². The fourth-order valence-corrected chi connectivity index (χ4v) is 1.90. The first-order valence-electron chi connectivity index (χ1n) is 5.96. The van der Waals surface area contributed by atoms with E-state index in [1.165, 1.54) is 16.8 Å². The molecular formula is C14H24N2. The predicted molar refractivity (Wildman–Crippen MR) is 71.9 cm³/mol. The lowest BCUT2D eigenvalue weighted by Crippen LogP contribution is -2.26. The quantitative estimate of drug-likeness (QED) is 0.800. The Morgan fingerprint density at radius 2 is 1.75 bits per heavy atom. The standard InChI is InChI=1S/C14H24N2/c1-11-6-5-7-12(2)13(11)16-10-14(3,4)8-9-15/h5-7,16H,8-10,15H2,1-4H3. The lowest BCUT2D eigenvalue weighted by molar-refractivity contribution is 0.365. The molecule has 0 radical (unpaired) electrons. The molecule has 0 fully saturated rings. The summed E-state index contributed by atoms with van der Waals surface area (Å²) in [7, 11) is 0. The maximum Gasteiger partial charge on any atom is 0.0399 e. The average molecular weight is 220 g/mol. The fraction of sp³-hybridized carbons (Fsp3) is 0.571. The average Bonchev–Trinajstić information content (AvgIpc) is 2.16. The van der Waals surface area contributed by atoms with Crippen LogP contribution in [-0.2, 0) is 0 Å². The molecule has 0 saturated heterocycles. The summed E-state index contributed by atoms with van der Waals surface area (Å²) in [6, 6.07) is 6.39. The second kappa shape index (κ2) is 5.35. The summed E-state index contributed by atoms with van der Waals surface area (Å²) in [6.45, 7) is 10.5. The molecule has 1 aromatic carbocycles. The second-order valence-electron chi connectivity index (χ2n) is 5.32. The lowest BCUT2D eigenvalue weighted by Gasteiger charge is -2.26. The number of rotatable bonds is 5. The van der Waals surface area contributed by atoms with Crippen LogP contribution < -0.4 is 11.1 Å². The minimum atomic E-state index is 0.253. The van der Waals surface area contributed by atoms with Crippen LogP contribution in [0.5, 0.6) is 0 Å². The van der Waals surface area contributed by atoms with E-state index in [1.807, 2.05) is 0 Å². The van der Waals surface area contributed by atoms with Crippen LogP contribution in [0, 0.1) is 19.3 Å². The number of aryl methyl sites for hydroxylation is 2. The molecule has 0 heterocycles. The molecule has 2 nitrogen and oxygen atoms in total. The Morgan fingerprint density at radius 1 is 1.19 bits per heavy atom. The lowest BCUT2D eigenvalue weighted by atomic mass is 9.89. The van der Waals surface area contributed by atoms with Gasteiger partial charge in [0, 0.05) is 12.2 Å². The van der Waals surface area contributed by atoms with Crippen LogP contribution in [0.4, 0.5) is 5.69 Å². The Bertz CT molecular complexity index is 322. The van der Waals surface area contributed by atoms with E-state index < -0.39 is 0 Å². The van der Waals surface area contributed by atoms with Crippen molar-refractivity contribution in [3.05, 3.63) is 29.3 Å². The predicted octanol–water partition coefficient (Wildman–Crippen LogP) is 3.09. The van der Waals surface area contributed by atoms with Gasteiger partial charge in [-0.05, 0) is 43.4 Å². The van der Waals surface area contributed by atoms with Crippen molar-refractivity contribution in [3.63, 3.8) is 0 Å². The van der Waals surface area contributed by atoms with Crippen LogP contribution in [-0.4, -0.2) is 13.1 Å². The van der Waals surface area contributed by atoms with Gasteiger partial charge in [0.2, 0.25) is 0 Å². The van der Waals surface area contributed by atoms with E-state index in [-0.39, 0.29) is 5.41 Å². The van der Waals surface area contributed by atoms with Gasteiger partial charge in [-0.2, -0.15) is 0 Å². The molecule has 0 aliphatic carbocycles. The van der Waals surface area contributed by atoms with Crippen molar-refractivity contribution in [1.29, 1.82) is 0 Å². The molecule has 2 heteroatoms. The Morgan fingerprint density at radius 3 is 2.25 bits per heavy atom. The normalized spacial score (nSPS) is 11.6. The van der Waals surface area contributed by atoms with Crippen molar-refractivity contribution in [2.75, 3.05) is 18.4 Å². The van der Waals surface area contributed by atoms with Gasteiger partial charge in [0.05, 0.1) is 0 Å². The Balaban J connectivity index is 2.68. The molecule has 16 heavy (non-hydrogen) atoms. The maximum atomic E-state index is 5.62. The van der Waals surface area contributed by atoms with Gasteiger partial charge in [-0.25, -0.2) is 0 Å². The third-order valence-electron chi connectivity index (χ3n) is 3.05. The van der Waals surface area contributed by atoms with Crippen LogP contribution in [0.3, 0.4) is 0 Å². The van der Waals surface area contributed by atoms with Crippen LogP contribution in [0.1, 0.15) is 31.4 Å². The summed E-state index contributed by atoms with van der Waals surface area (Å²) in [5, 5.41) is 3.55. The molecule has 0 atom stereocenters. The van der Waals surface area contributed by atoms with Gasteiger partial charge < -0.3 is 11.1 Å². The van der Waals surface area contributed by atoms with Crippen molar-refractivity contribution in [2.24, 2.45) is 11.1 Å². The van der Waals surface area contributed by atoms with Gasteiger partial charge in [-0.3, -0.25) is 0 Å². The summed E-state index contributed by atoms with van der Waals surface area (Å²) in [4.78, 5) is 0. The molecular weight excluding hydrogens is 196 g/mol. The molecule has 1 aromatic rings. The Labute approximate surface area is 99.2 Å². The van der Waals surface area contributed by atoms with E-state index in [1.54, 1.807) is 0 Å². The van der Waals surface area contributed by atoms with E-state index in [0.29, 0.717) is 0 Å². The van der Waals surface area contributed by atoms with Crippen molar-refractivity contribution in [3.8, 4) is 0 Å². The molecule has 0 unspecified atom stereocenters. The monoisotopic (exact) mass is 220 g/mol. The molecule has 1 rings (SSSR count). The molecule has 0 spiro atoms. The molecule has 0 aliphatic rings. The summed E-state index contributed by atoms with van der Waals surface area (Å²) >= 11 is 0. The van der Waals surface area contributed by atoms with E-state index in [4.69, 9.17) is 5.73 Å². The van der Waals surface area contributed by atoms with Crippen molar-refractivity contribution in [2.45, 2.75) is 34.1 Å². The number of para-hydroxylation sites is 1. The molecule has 0 aromatic heterocycles. The topological polar surface area (TPSA) is 38.0 Å². The molecule has 0 aliphatic heterocycles. The summed E-state index contributed by atoms with van der Waals surface area (Å²) in [6.07, 6.45) is 1.05. The summed E-state index contributed by atoms with van der Waals surface area (Å²) in [5.74, 6) is 0. The van der Waals surface area contributed by atoms with Crippen molar-refractivity contribution >= 4 is 5.69 Å². The molecule has 0 bridgehead atoms. The van der Waals surface area contributed by atoms with Gasteiger partial charge in [0.1, 0.15) is 0 Å². The number of benzene rings is 1. The van der Waals surface area contributed by atoms with Gasteiger partial charge in [-0.1, -0.05) is 32.0 Å². The zero-order chi connectivity index (χ0) is 12.2. The number of nitrogens with one attached hydrogen (secondary N) is 1. The third-order valence-corrected chi connectivity index (χ3v) is 3.05. The van der Waals surface area contributed by atoms with E-state index >= 15 is 0 Å². The number of anilines is 1. The van der Waals surface area contributed by atoms with Crippen LogP contribution >= 0.6 is 0 Å². The van der Waals surface area contributed by atoms with Gasteiger partial charge in [0.25, 0.3) is 0 Å². The van der Waals surface area contributed by atoms with Crippen molar-refractivity contribution < 1.29 is 0 Å². The zero-order valence-electron chi connectivity index (χ0n) is 10.9. The highest BCUT2D eigenvalue weighted by Gasteiger charge is 2.16. The van der Waals surface area contributed by atoms with Gasteiger partial charge in [0.15, 0.2) is 0 Å². The second-order valence-corrected chi connectivity index (χ2v) is 5.32. The number of hydrogen-bond donors (Lipinski definition) is 2.